The molecule has 108 valence electrons. The second-order valence-electron chi connectivity index (χ2n) is 7.07. The van der Waals surface area contributed by atoms with Gasteiger partial charge in [0.05, 0.1) is 0 Å². The molecule has 0 radical (unpaired) electrons. The summed E-state index contributed by atoms with van der Waals surface area (Å²) in [5, 5.41) is 3.61. The molecule has 18 heavy (non-hydrogen) atoms. The predicted molar refractivity (Wildman–Crippen MR) is 81.0 cm³/mol. The highest BCUT2D eigenvalue weighted by Gasteiger charge is 2.27. The molecule has 1 saturated heterocycles. The lowest BCUT2D eigenvalue weighted by molar-refractivity contribution is 0.151. The molecule has 0 aromatic rings. The van der Waals surface area contributed by atoms with E-state index in [0.29, 0.717) is 11.5 Å². The molecule has 0 saturated carbocycles. The number of hydrogen-bond acceptors (Lipinski definition) is 2. The van der Waals surface area contributed by atoms with E-state index in [4.69, 9.17) is 0 Å². The zero-order valence-corrected chi connectivity index (χ0v) is 13.3. The van der Waals surface area contributed by atoms with Crippen molar-refractivity contribution in [2.75, 3.05) is 26.2 Å². The summed E-state index contributed by atoms with van der Waals surface area (Å²) in [6.07, 6.45) is 5.34. The Balaban J connectivity index is 2.51. The van der Waals surface area contributed by atoms with E-state index >= 15 is 0 Å². The molecule has 1 rings (SSSR count). The van der Waals surface area contributed by atoms with Crippen LogP contribution in [0.2, 0.25) is 0 Å². The van der Waals surface area contributed by atoms with E-state index < -0.39 is 0 Å². The van der Waals surface area contributed by atoms with Crippen molar-refractivity contribution in [3.8, 4) is 0 Å². The van der Waals surface area contributed by atoms with Gasteiger partial charge in [0.25, 0.3) is 0 Å². The zero-order valence-electron chi connectivity index (χ0n) is 13.3. The minimum Gasteiger partial charge on any atom is -0.315 e. The molecule has 1 N–H and O–H groups in total. The summed E-state index contributed by atoms with van der Waals surface area (Å²) < 4.78 is 0. The van der Waals surface area contributed by atoms with Crippen LogP contribution in [0.3, 0.4) is 0 Å². The first-order valence-electron chi connectivity index (χ1n) is 7.91. The van der Waals surface area contributed by atoms with Crippen LogP contribution in [-0.2, 0) is 0 Å². The van der Waals surface area contributed by atoms with Crippen LogP contribution in [0.1, 0.15) is 60.3 Å². The molecule has 1 unspecified atom stereocenters. The molecule has 1 heterocycles. The summed E-state index contributed by atoms with van der Waals surface area (Å²) in [5.41, 5.74) is 0.549. The maximum Gasteiger partial charge on any atom is 0.0243 e. The van der Waals surface area contributed by atoms with Gasteiger partial charge in [0.15, 0.2) is 0 Å². The number of nitrogens with one attached hydrogen (secondary N) is 1. The van der Waals surface area contributed by atoms with E-state index in [1.54, 1.807) is 0 Å². The van der Waals surface area contributed by atoms with Crippen LogP contribution in [0, 0.1) is 11.3 Å². The predicted octanol–water partition coefficient (Wildman–Crippen LogP) is 3.52. The van der Waals surface area contributed by atoms with Gasteiger partial charge in [0, 0.05) is 12.6 Å². The molecule has 0 aromatic carbocycles. The number of likely N-dealkylation sites (tertiary alicyclic amines) is 1. The lowest BCUT2D eigenvalue weighted by Gasteiger charge is -2.34. The molecule has 1 aliphatic heterocycles. The van der Waals surface area contributed by atoms with E-state index in [1.807, 2.05) is 0 Å². The van der Waals surface area contributed by atoms with Crippen LogP contribution >= 0.6 is 0 Å². The molecule has 1 aliphatic rings. The van der Waals surface area contributed by atoms with Gasteiger partial charge in [-0.25, -0.2) is 0 Å². The van der Waals surface area contributed by atoms with Gasteiger partial charge in [-0.2, -0.15) is 0 Å². The first-order valence-corrected chi connectivity index (χ1v) is 7.91. The van der Waals surface area contributed by atoms with Crippen molar-refractivity contribution in [1.29, 1.82) is 0 Å². The van der Waals surface area contributed by atoms with Gasteiger partial charge in [0.2, 0.25) is 0 Å². The van der Waals surface area contributed by atoms with E-state index in [2.05, 4.69) is 44.8 Å². The monoisotopic (exact) mass is 254 g/mol. The molecule has 2 heteroatoms. The summed E-state index contributed by atoms with van der Waals surface area (Å²) in [4.78, 5) is 2.74. The van der Waals surface area contributed by atoms with Gasteiger partial charge < -0.3 is 5.32 Å². The minimum atomic E-state index is 0.549. The maximum absolute atomic E-state index is 3.61. The van der Waals surface area contributed by atoms with Gasteiger partial charge in [-0.3, -0.25) is 4.90 Å². The van der Waals surface area contributed by atoms with Crippen LogP contribution in [0.4, 0.5) is 0 Å². The topological polar surface area (TPSA) is 15.3 Å². The molecule has 1 fully saturated rings. The molecule has 0 amide bonds. The van der Waals surface area contributed by atoms with Gasteiger partial charge in [-0.15, -0.1) is 0 Å². The largest absolute Gasteiger partial charge is 0.315 e. The third kappa shape index (κ3) is 5.27. The van der Waals surface area contributed by atoms with Crippen molar-refractivity contribution < 1.29 is 0 Å². The van der Waals surface area contributed by atoms with Gasteiger partial charge in [0.1, 0.15) is 0 Å². The van der Waals surface area contributed by atoms with Crippen molar-refractivity contribution in [2.24, 2.45) is 11.3 Å². The Hall–Kier alpha value is -0.0800. The normalized spacial score (nSPS) is 23.0. The zero-order chi connectivity index (χ0) is 13.6. The van der Waals surface area contributed by atoms with E-state index in [-0.39, 0.29) is 0 Å². The molecule has 0 aliphatic carbocycles. The fraction of sp³-hybridized carbons (Fsp3) is 1.00. The molecule has 2 nitrogen and oxygen atoms in total. The van der Waals surface area contributed by atoms with Crippen LogP contribution < -0.4 is 5.32 Å². The lowest BCUT2D eigenvalue weighted by Crippen LogP contribution is -2.46. The van der Waals surface area contributed by atoms with E-state index in [0.717, 1.165) is 19.0 Å². The first kappa shape index (κ1) is 16.0. The summed E-state index contributed by atoms with van der Waals surface area (Å²) in [6.45, 7) is 16.7. The van der Waals surface area contributed by atoms with Crippen molar-refractivity contribution in [1.82, 2.24) is 10.2 Å². The highest BCUT2D eigenvalue weighted by Crippen LogP contribution is 2.31. The van der Waals surface area contributed by atoms with Crippen molar-refractivity contribution in [3.63, 3.8) is 0 Å². The molecular weight excluding hydrogens is 220 g/mol. The molecular formula is C16H34N2. The fourth-order valence-corrected chi connectivity index (χ4v) is 2.99. The standard InChI is InChI=1S/C16H34N2/c1-6-10-17-13-15(14(2)3)18-11-7-8-16(4,5)9-12-18/h14-15,17H,6-13H2,1-5H3. The quantitative estimate of drug-likeness (QED) is 0.730. The molecule has 0 bridgehead atoms. The Morgan fingerprint density at radius 1 is 1.17 bits per heavy atom. The van der Waals surface area contributed by atoms with Crippen molar-refractivity contribution >= 4 is 0 Å². The molecule has 0 spiro atoms. The van der Waals surface area contributed by atoms with Gasteiger partial charge in [-0.1, -0.05) is 34.6 Å². The highest BCUT2D eigenvalue weighted by atomic mass is 15.2. The van der Waals surface area contributed by atoms with Crippen molar-refractivity contribution in [3.05, 3.63) is 0 Å². The third-order valence-corrected chi connectivity index (χ3v) is 4.39. The SMILES string of the molecule is CCCNCC(C(C)C)N1CCCC(C)(C)CC1. The minimum absolute atomic E-state index is 0.549. The maximum atomic E-state index is 3.61. The van der Waals surface area contributed by atoms with Crippen LogP contribution in [0.15, 0.2) is 0 Å². The van der Waals surface area contributed by atoms with Crippen molar-refractivity contribution in [2.45, 2.75) is 66.3 Å². The summed E-state index contributed by atoms with van der Waals surface area (Å²) in [7, 11) is 0. The Morgan fingerprint density at radius 2 is 1.89 bits per heavy atom. The molecule has 0 aromatic heterocycles. The number of hydrogen-bond donors (Lipinski definition) is 1. The van der Waals surface area contributed by atoms with Crippen LogP contribution in [0.5, 0.6) is 0 Å². The van der Waals surface area contributed by atoms with Crippen LogP contribution in [0.25, 0.3) is 0 Å². The lowest BCUT2D eigenvalue weighted by atomic mass is 9.85. The first-order chi connectivity index (χ1) is 8.46. The smallest absolute Gasteiger partial charge is 0.0243 e. The Morgan fingerprint density at radius 3 is 2.50 bits per heavy atom. The summed E-state index contributed by atoms with van der Waals surface area (Å²) in [5.74, 6) is 0.746. The van der Waals surface area contributed by atoms with Crippen LogP contribution in [-0.4, -0.2) is 37.1 Å². The highest BCUT2D eigenvalue weighted by molar-refractivity contribution is 4.83. The average Bonchev–Trinajstić information content (AvgIpc) is 2.46. The van der Waals surface area contributed by atoms with Gasteiger partial charge in [-0.05, 0) is 56.7 Å². The second kappa shape index (κ2) is 7.49. The molecule has 1 atom stereocenters. The summed E-state index contributed by atoms with van der Waals surface area (Å²) in [6, 6.07) is 0.713. The van der Waals surface area contributed by atoms with E-state index in [9.17, 15) is 0 Å². The average molecular weight is 254 g/mol. The Bertz CT molecular complexity index is 223. The number of rotatable bonds is 6. The second-order valence-corrected chi connectivity index (χ2v) is 7.07. The van der Waals surface area contributed by atoms with Gasteiger partial charge >= 0.3 is 0 Å². The number of nitrogens with zero attached hydrogens (tertiary/aromatic N) is 1. The summed E-state index contributed by atoms with van der Waals surface area (Å²) >= 11 is 0. The fourth-order valence-electron chi connectivity index (χ4n) is 2.99. The Labute approximate surface area is 115 Å². The van der Waals surface area contributed by atoms with E-state index in [1.165, 1.54) is 38.8 Å². The Kier molecular flexibility index (Phi) is 6.65. The third-order valence-electron chi connectivity index (χ3n) is 4.39.